The van der Waals surface area contributed by atoms with E-state index in [0.717, 1.165) is 27.7 Å². The number of rotatable bonds is 4. The van der Waals surface area contributed by atoms with Crippen LogP contribution in [-0.4, -0.2) is 10.7 Å². The first-order valence-corrected chi connectivity index (χ1v) is 8.95. The van der Waals surface area contributed by atoms with Gasteiger partial charge in [-0.2, -0.15) is 5.10 Å². The van der Waals surface area contributed by atoms with Gasteiger partial charge in [0.25, 0.3) is 0 Å². The molecule has 0 fully saturated rings. The van der Waals surface area contributed by atoms with Crippen LogP contribution in [0.2, 0.25) is 10.0 Å². The van der Waals surface area contributed by atoms with Crippen molar-refractivity contribution in [3.63, 3.8) is 0 Å². The van der Waals surface area contributed by atoms with Crippen LogP contribution in [-0.2, 0) is 0 Å². The first-order valence-electron chi connectivity index (χ1n) is 7.31. The summed E-state index contributed by atoms with van der Waals surface area (Å²) >= 11 is 13.5. The van der Waals surface area contributed by atoms with Crippen LogP contribution in [0.4, 0.5) is 5.13 Å². The molecule has 0 aliphatic rings. The average Bonchev–Trinajstić information content (AvgIpc) is 3.05. The van der Waals surface area contributed by atoms with Crippen molar-refractivity contribution in [2.75, 3.05) is 5.43 Å². The molecule has 122 valence electrons. The molecule has 0 atom stereocenters. The van der Waals surface area contributed by atoms with E-state index in [4.69, 9.17) is 23.2 Å². The summed E-state index contributed by atoms with van der Waals surface area (Å²) in [5.74, 6) is 0. The molecule has 1 heterocycles. The summed E-state index contributed by atoms with van der Waals surface area (Å²) in [5.41, 5.74) is 7.97. The van der Waals surface area contributed by atoms with Crippen molar-refractivity contribution in [1.82, 2.24) is 4.98 Å². The van der Waals surface area contributed by atoms with Crippen LogP contribution < -0.4 is 5.43 Å². The second-order valence-electron chi connectivity index (χ2n) is 5.34. The Morgan fingerprint density at radius 3 is 2.54 bits per heavy atom. The van der Waals surface area contributed by atoms with Crippen molar-refractivity contribution < 1.29 is 0 Å². The molecule has 0 radical (unpaired) electrons. The van der Waals surface area contributed by atoms with E-state index in [0.29, 0.717) is 10.0 Å². The minimum absolute atomic E-state index is 0.514. The minimum Gasteiger partial charge on any atom is -0.252 e. The zero-order chi connectivity index (χ0) is 17.1. The highest BCUT2D eigenvalue weighted by Gasteiger charge is 2.05. The molecule has 0 aliphatic carbocycles. The van der Waals surface area contributed by atoms with E-state index in [2.05, 4.69) is 46.7 Å². The second kappa shape index (κ2) is 7.34. The van der Waals surface area contributed by atoms with Gasteiger partial charge < -0.3 is 0 Å². The van der Waals surface area contributed by atoms with Crippen LogP contribution in [0, 0.1) is 6.92 Å². The highest BCUT2D eigenvalue weighted by Crippen LogP contribution is 2.26. The molecule has 0 amide bonds. The molecule has 3 nitrogen and oxygen atoms in total. The molecule has 1 N–H and O–H groups in total. The summed E-state index contributed by atoms with van der Waals surface area (Å²) in [5, 5.41) is 8.17. The lowest BCUT2D eigenvalue weighted by atomic mass is 10.1. The van der Waals surface area contributed by atoms with Gasteiger partial charge in [-0.25, -0.2) is 4.98 Å². The van der Waals surface area contributed by atoms with Crippen LogP contribution in [0.25, 0.3) is 11.3 Å². The third kappa shape index (κ3) is 3.96. The van der Waals surface area contributed by atoms with E-state index in [-0.39, 0.29) is 0 Å². The van der Waals surface area contributed by atoms with Gasteiger partial charge in [-0.1, -0.05) is 59.1 Å². The molecule has 0 aliphatic heterocycles. The number of hydrazone groups is 1. The lowest BCUT2D eigenvalue weighted by Gasteiger charge is -2.03. The Balaban J connectivity index is 1.74. The van der Waals surface area contributed by atoms with Crippen molar-refractivity contribution in [1.29, 1.82) is 0 Å². The number of halogens is 2. The topological polar surface area (TPSA) is 37.3 Å². The molecule has 6 heteroatoms. The Bertz CT molecular complexity index is 886. The molecule has 0 spiro atoms. The van der Waals surface area contributed by atoms with E-state index in [1.807, 2.05) is 18.4 Å². The molecule has 2 aromatic carbocycles. The van der Waals surface area contributed by atoms with E-state index in [9.17, 15) is 0 Å². The molecular formula is C18H15Cl2N3S. The van der Waals surface area contributed by atoms with Crippen molar-refractivity contribution in [2.45, 2.75) is 13.8 Å². The number of aromatic nitrogens is 1. The second-order valence-corrected chi connectivity index (χ2v) is 7.01. The monoisotopic (exact) mass is 375 g/mol. The largest absolute Gasteiger partial charge is 0.252 e. The normalized spacial score (nSPS) is 11.6. The van der Waals surface area contributed by atoms with Crippen molar-refractivity contribution >= 4 is 45.4 Å². The smallest absolute Gasteiger partial charge is 0.203 e. The number of hydrogen-bond donors (Lipinski definition) is 1. The zero-order valence-corrected chi connectivity index (χ0v) is 15.5. The summed E-state index contributed by atoms with van der Waals surface area (Å²) in [7, 11) is 0. The van der Waals surface area contributed by atoms with Crippen molar-refractivity contribution in [3.8, 4) is 11.3 Å². The van der Waals surface area contributed by atoms with E-state index < -0.39 is 0 Å². The average molecular weight is 376 g/mol. The maximum absolute atomic E-state index is 6.04. The van der Waals surface area contributed by atoms with E-state index in [1.165, 1.54) is 16.9 Å². The third-order valence-electron chi connectivity index (χ3n) is 3.51. The fourth-order valence-corrected chi connectivity index (χ4v) is 3.06. The highest BCUT2D eigenvalue weighted by molar-refractivity contribution is 7.14. The van der Waals surface area contributed by atoms with Gasteiger partial charge in [0.05, 0.1) is 21.5 Å². The summed E-state index contributed by atoms with van der Waals surface area (Å²) in [4.78, 5) is 4.56. The Kier molecular flexibility index (Phi) is 5.19. The fourth-order valence-electron chi connectivity index (χ4n) is 2.10. The molecule has 1 aromatic heterocycles. The maximum Gasteiger partial charge on any atom is 0.203 e. The molecule has 24 heavy (non-hydrogen) atoms. The SMILES string of the molecule is C/C(=N\Nc1nc(-c2ccc(C)cc2)cs1)c1ccc(Cl)c(Cl)c1. The predicted molar refractivity (Wildman–Crippen MR) is 105 cm³/mol. The van der Waals surface area contributed by atoms with Gasteiger partial charge in [-0.15, -0.1) is 11.3 Å². The molecule has 0 saturated carbocycles. The molecule has 3 aromatic rings. The fraction of sp³-hybridized carbons (Fsp3) is 0.111. The summed E-state index contributed by atoms with van der Waals surface area (Å²) in [6.07, 6.45) is 0. The summed E-state index contributed by atoms with van der Waals surface area (Å²) < 4.78 is 0. The highest BCUT2D eigenvalue weighted by atomic mass is 35.5. The van der Waals surface area contributed by atoms with Crippen LogP contribution in [0.1, 0.15) is 18.1 Å². The van der Waals surface area contributed by atoms with Gasteiger partial charge >= 0.3 is 0 Å². The van der Waals surface area contributed by atoms with Gasteiger partial charge in [0.2, 0.25) is 5.13 Å². The first kappa shape index (κ1) is 17.0. The number of hydrogen-bond acceptors (Lipinski definition) is 4. The van der Waals surface area contributed by atoms with Crippen molar-refractivity contribution in [2.24, 2.45) is 5.10 Å². The van der Waals surface area contributed by atoms with Crippen LogP contribution >= 0.6 is 34.5 Å². The molecular weight excluding hydrogens is 361 g/mol. The minimum atomic E-state index is 0.514. The summed E-state index contributed by atoms with van der Waals surface area (Å²) in [6, 6.07) is 13.7. The number of aryl methyl sites for hydroxylation is 1. The van der Waals surface area contributed by atoms with Crippen LogP contribution in [0.15, 0.2) is 52.9 Å². The Morgan fingerprint density at radius 2 is 1.83 bits per heavy atom. The first-order chi connectivity index (χ1) is 11.5. The zero-order valence-electron chi connectivity index (χ0n) is 13.2. The molecule has 0 unspecified atom stereocenters. The number of thiazole rings is 1. The molecule has 0 bridgehead atoms. The third-order valence-corrected chi connectivity index (χ3v) is 4.99. The Hall–Kier alpha value is -1.88. The standard InChI is InChI=1S/C18H15Cl2N3S/c1-11-3-5-13(6-4-11)17-10-24-18(21-17)23-22-12(2)14-7-8-15(19)16(20)9-14/h3-10H,1-2H3,(H,21,23)/b22-12+. The summed E-state index contributed by atoms with van der Waals surface area (Å²) in [6.45, 7) is 3.97. The van der Waals surface area contributed by atoms with Crippen LogP contribution in [0.3, 0.4) is 0 Å². The van der Waals surface area contributed by atoms with Gasteiger partial charge in [-0.05, 0) is 31.5 Å². The number of nitrogens with one attached hydrogen (secondary N) is 1. The quantitative estimate of drug-likeness (QED) is 0.431. The lowest BCUT2D eigenvalue weighted by Crippen LogP contribution is -1.99. The molecule has 3 rings (SSSR count). The number of anilines is 1. The van der Waals surface area contributed by atoms with Crippen LogP contribution in [0.5, 0.6) is 0 Å². The van der Waals surface area contributed by atoms with Gasteiger partial charge in [0.1, 0.15) is 0 Å². The van der Waals surface area contributed by atoms with Gasteiger partial charge in [0.15, 0.2) is 0 Å². The Labute approximate surface area is 155 Å². The van der Waals surface area contributed by atoms with Gasteiger partial charge in [0, 0.05) is 10.9 Å². The van der Waals surface area contributed by atoms with E-state index in [1.54, 1.807) is 12.1 Å². The predicted octanol–water partition coefficient (Wildman–Crippen LogP) is 6.26. The molecule has 0 saturated heterocycles. The maximum atomic E-state index is 6.04. The number of nitrogens with zero attached hydrogens (tertiary/aromatic N) is 2. The van der Waals surface area contributed by atoms with Crippen molar-refractivity contribution in [3.05, 3.63) is 69.0 Å². The van der Waals surface area contributed by atoms with Gasteiger partial charge in [-0.3, -0.25) is 5.43 Å². The Morgan fingerprint density at radius 1 is 1.08 bits per heavy atom. The lowest BCUT2D eigenvalue weighted by molar-refractivity contribution is 1.27. The van der Waals surface area contributed by atoms with E-state index >= 15 is 0 Å². The number of benzene rings is 2.